The Morgan fingerprint density at radius 1 is 1.00 bits per heavy atom. The number of aromatic amines is 1. The van der Waals surface area contributed by atoms with Gasteiger partial charge in [0, 0.05) is 24.1 Å². The summed E-state index contributed by atoms with van der Waals surface area (Å²) in [6.45, 7) is 0.309. The first-order valence-electron chi connectivity index (χ1n) is 10.9. The summed E-state index contributed by atoms with van der Waals surface area (Å²) in [6, 6.07) is 12.2. The van der Waals surface area contributed by atoms with Gasteiger partial charge in [0.1, 0.15) is 0 Å². The van der Waals surface area contributed by atoms with Crippen LogP contribution in [-0.4, -0.2) is 22.6 Å². The molecule has 172 valence electrons. The normalized spacial score (nSPS) is 13.4. The van der Waals surface area contributed by atoms with Crippen LogP contribution in [0.15, 0.2) is 53.3 Å². The fourth-order valence-electron chi connectivity index (χ4n) is 4.17. The maximum absolute atomic E-state index is 12.7. The van der Waals surface area contributed by atoms with Crippen LogP contribution in [0.5, 0.6) is 0 Å². The average molecular weight is 455 g/mol. The Bertz CT molecular complexity index is 1200. The highest BCUT2D eigenvalue weighted by atomic mass is 19.4. The number of halogens is 3. The number of nitrogens with zero attached hydrogens (tertiary/aromatic N) is 1. The van der Waals surface area contributed by atoms with Crippen molar-refractivity contribution >= 4 is 5.91 Å². The molecule has 0 saturated carbocycles. The lowest BCUT2D eigenvalue weighted by atomic mass is 9.90. The van der Waals surface area contributed by atoms with Crippen molar-refractivity contribution in [3.63, 3.8) is 0 Å². The van der Waals surface area contributed by atoms with Gasteiger partial charge in [-0.2, -0.15) is 18.3 Å². The Balaban J connectivity index is 1.38. The molecule has 33 heavy (non-hydrogen) atoms. The Morgan fingerprint density at radius 3 is 2.45 bits per heavy atom. The van der Waals surface area contributed by atoms with Crippen molar-refractivity contribution < 1.29 is 18.0 Å². The lowest BCUT2D eigenvalue weighted by Crippen LogP contribution is -2.26. The van der Waals surface area contributed by atoms with Crippen molar-refractivity contribution in [2.75, 3.05) is 6.54 Å². The van der Waals surface area contributed by atoms with Gasteiger partial charge in [0.2, 0.25) is 0 Å². The molecule has 1 aliphatic rings. The van der Waals surface area contributed by atoms with E-state index < -0.39 is 11.7 Å². The Hall–Kier alpha value is -3.42. The monoisotopic (exact) mass is 455 g/mol. The zero-order chi connectivity index (χ0) is 23.4. The summed E-state index contributed by atoms with van der Waals surface area (Å²) >= 11 is 0. The van der Waals surface area contributed by atoms with Crippen LogP contribution in [0.25, 0.3) is 0 Å². The number of aromatic nitrogens is 2. The largest absolute Gasteiger partial charge is 0.416 e. The molecule has 4 rings (SSSR count). The Kier molecular flexibility index (Phi) is 6.62. The first-order chi connectivity index (χ1) is 15.8. The van der Waals surface area contributed by atoms with E-state index >= 15 is 0 Å². The third-order valence-corrected chi connectivity index (χ3v) is 5.92. The fraction of sp³-hybridized carbons (Fsp3) is 0.320. The van der Waals surface area contributed by atoms with Crippen molar-refractivity contribution in [3.05, 3.63) is 98.0 Å². The molecule has 0 aliphatic heterocycles. The molecular formula is C25H24F3N3O2. The molecular weight excluding hydrogens is 431 g/mol. The highest BCUT2D eigenvalue weighted by molar-refractivity contribution is 5.94. The number of benzene rings is 2. The quantitative estimate of drug-likeness (QED) is 0.584. The van der Waals surface area contributed by atoms with Gasteiger partial charge in [-0.3, -0.25) is 9.59 Å². The zero-order valence-electron chi connectivity index (χ0n) is 18.0. The molecule has 0 saturated heterocycles. The first kappa shape index (κ1) is 22.8. The number of amides is 1. The third kappa shape index (κ3) is 5.50. The molecule has 1 aliphatic carbocycles. The van der Waals surface area contributed by atoms with Crippen molar-refractivity contribution in [2.24, 2.45) is 0 Å². The summed E-state index contributed by atoms with van der Waals surface area (Å²) < 4.78 is 38.0. The van der Waals surface area contributed by atoms with Gasteiger partial charge in [-0.15, -0.1) is 0 Å². The first-order valence-corrected chi connectivity index (χ1v) is 10.9. The number of fused-ring (bicyclic) bond motifs is 1. The second-order valence-electron chi connectivity index (χ2n) is 8.24. The Morgan fingerprint density at radius 2 is 1.73 bits per heavy atom. The number of hydrogen-bond acceptors (Lipinski definition) is 3. The highest BCUT2D eigenvalue weighted by Crippen LogP contribution is 2.29. The molecule has 1 amide bonds. The van der Waals surface area contributed by atoms with Crippen molar-refractivity contribution in [1.82, 2.24) is 15.5 Å². The Labute approximate surface area is 189 Å². The van der Waals surface area contributed by atoms with Crippen molar-refractivity contribution in [3.8, 4) is 0 Å². The number of H-pyrrole nitrogens is 1. The van der Waals surface area contributed by atoms with E-state index in [0.717, 1.165) is 60.2 Å². The molecule has 5 nitrogen and oxygen atoms in total. The number of alkyl halides is 3. The second-order valence-corrected chi connectivity index (χ2v) is 8.24. The molecule has 0 fully saturated rings. The van der Waals surface area contributed by atoms with E-state index in [1.54, 1.807) is 18.2 Å². The predicted octanol–water partition coefficient (Wildman–Crippen LogP) is 4.23. The number of hydrogen-bond donors (Lipinski definition) is 2. The molecule has 0 unspecified atom stereocenters. The van der Waals surface area contributed by atoms with Gasteiger partial charge in [0.05, 0.1) is 11.3 Å². The standard InChI is InChI=1S/C25H24F3N3O2/c26-25(27,28)19-10-8-16(9-11-19)12-13-29-23(32)18-5-3-4-17(14-18)15-22-20-6-1-2-7-21(20)24(33)31-30-22/h3-5,8-11,14H,1-2,6-7,12-13,15H2,(H,29,32)(H,31,33). The summed E-state index contributed by atoms with van der Waals surface area (Å²) in [7, 11) is 0. The van der Waals surface area contributed by atoms with E-state index in [1.807, 2.05) is 6.07 Å². The van der Waals surface area contributed by atoms with Gasteiger partial charge >= 0.3 is 6.18 Å². The summed E-state index contributed by atoms with van der Waals surface area (Å²) in [5, 5.41) is 9.67. The topological polar surface area (TPSA) is 74.8 Å². The second kappa shape index (κ2) is 9.60. The number of rotatable bonds is 6. The maximum atomic E-state index is 12.7. The number of nitrogens with one attached hydrogen (secondary N) is 2. The van der Waals surface area contributed by atoms with E-state index in [9.17, 15) is 22.8 Å². The summed E-state index contributed by atoms with van der Waals surface area (Å²) in [4.78, 5) is 24.6. The summed E-state index contributed by atoms with van der Waals surface area (Å²) in [6.07, 6.45) is 0.228. The van der Waals surface area contributed by atoms with Crippen LogP contribution in [0, 0.1) is 0 Å². The van der Waals surface area contributed by atoms with Gasteiger partial charge < -0.3 is 5.32 Å². The molecule has 0 radical (unpaired) electrons. The van der Waals surface area contributed by atoms with E-state index in [-0.39, 0.29) is 11.5 Å². The SMILES string of the molecule is O=C(NCCc1ccc(C(F)(F)F)cc1)c1cccc(Cc2n[nH]c(=O)c3c2CCCC3)c1. The van der Waals surface area contributed by atoms with E-state index in [2.05, 4.69) is 15.5 Å². The molecule has 8 heteroatoms. The summed E-state index contributed by atoms with van der Waals surface area (Å²) in [5.74, 6) is -0.250. The van der Waals surface area contributed by atoms with Crippen molar-refractivity contribution in [2.45, 2.75) is 44.7 Å². The molecule has 0 spiro atoms. The molecule has 3 aromatic rings. The molecule has 2 aromatic carbocycles. The predicted molar refractivity (Wildman–Crippen MR) is 118 cm³/mol. The van der Waals surface area contributed by atoms with Crippen LogP contribution in [0.2, 0.25) is 0 Å². The van der Waals surface area contributed by atoms with Crippen LogP contribution in [0.3, 0.4) is 0 Å². The molecule has 2 N–H and O–H groups in total. The van der Waals surface area contributed by atoms with E-state index in [4.69, 9.17) is 0 Å². The zero-order valence-corrected chi connectivity index (χ0v) is 18.0. The smallest absolute Gasteiger partial charge is 0.352 e. The molecule has 0 bridgehead atoms. The van der Waals surface area contributed by atoms with Crippen LogP contribution in [0.4, 0.5) is 13.2 Å². The molecule has 0 atom stereocenters. The minimum Gasteiger partial charge on any atom is -0.352 e. The summed E-state index contributed by atoms with van der Waals surface area (Å²) in [5.41, 5.74) is 4.01. The fourth-order valence-corrected chi connectivity index (χ4v) is 4.17. The van der Waals surface area contributed by atoms with Gasteiger partial charge in [0.25, 0.3) is 11.5 Å². The number of carbonyl (C=O) groups excluding carboxylic acids is 1. The van der Waals surface area contributed by atoms with Crippen LogP contribution in [0.1, 0.15) is 56.7 Å². The van der Waals surface area contributed by atoms with E-state index in [0.29, 0.717) is 30.5 Å². The van der Waals surface area contributed by atoms with E-state index in [1.165, 1.54) is 12.1 Å². The van der Waals surface area contributed by atoms with Crippen molar-refractivity contribution in [1.29, 1.82) is 0 Å². The minimum atomic E-state index is -4.36. The maximum Gasteiger partial charge on any atom is 0.416 e. The van der Waals surface area contributed by atoms with Crippen LogP contribution < -0.4 is 10.9 Å². The number of carbonyl (C=O) groups is 1. The highest BCUT2D eigenvalue weighted by Gasteiger charge is 2.29. The van der Waals surface area contributed by atoms with Gasteiger partial charge in [-0.1, -0.05) is 24.3 Å². The lowest BCUT2D eigenvalue weighted by molar-refractivity contribution is -0.137. The molecule has 1 aromatic heterocycles. The van der Waals surface area contributed by atoms with Crippen LogP contribution in [-0.2, 0) is 31.9 Å². The van der Waals surface area contributed by atoms with Crippen LogP contribution >= 0.6 is 0 Å². The van der Waals surface area contributed by atoms with Gasteiger partial charge in [0.15, 0.2) is 0 Å². The third-order valence-electron chi connectivity index (χ3n) is 5.92. The van der Waals surface area contributed by atoms with Gasteiger partial charge in [-0.25, -0.2) is 5.10 Å². The van der Waals surface area contributed by atoms with Gasteiger partial charge in [-0.05, 0) is 73.1 Å². The lowest BCUT2D eigenvalue weighted by Gasteiger charge is -2.17. The molecule has 1 heterocycles. The minimum absolute atomic E-state index is 0.116. The average Bonchev–Trinajstić information content (AvgIpc) is 2.81.